The fourth-order valence-corrected chi connectivity index (χ4v) is 0.968. The second kappa shape index (κ2) is 4.02. The largest absolute Gasteiger partial charge is 0.488 e. The Labute approximate surface area is 76.6 Å². The molecule has 0 atom stereocenters. The molecule has 2 N–H and O–H groups in total. The number of hydrogen-bond acceptors (Lipinski definition) is 2. The maximum Gasteiger partial charge on any atom is 0.140 e. The molecule has 0 fully saturated rings. The van der Waals surface area contributed by atoms with E-state index in [-0.39, 0.29) is 0 Å². The fraction of sp³-hybridized carbons (Fsp3) is 0.111. The minimum absolute atomic E-state index is 0.434. The van der Waals surface area contributed by atoms with Gasteiger partial charge in [-0.15, -0.1) is 0 Å². The first-order valence-electron chi connectivity index (χ1n) is 3.53. The lowest BCUT2D eigenvalue weighted by Crippen LogP contribution is -1.95. The second-order valence-electron chi connectivity index (χ2n) is 2.26. The van der Waals surface area contributed by atoms with Crippen molar-refractivity contribution in [2.75, 3.05) is 12.3 Å². The molecule has 0 unspecified atom stereocenters. The lowest BCUT2D eigenvalue weighted by atomic mass is 10.3. The van der Waals surface area contributed by atoms with E-state index in [4.69, 9.17) is 22.1 Å². The summed E-state index contributed by atoms with van der Waals surface area (Å²) in [6.45, 7) is 3.96. The predicted molar refractivity (Wildman–Crippen MR) is 51.6 cm³/mol. The normalized spacial score (nSPS) is 9.42. The molecule has 1 rings (SSSR count). The molecule has 2 nitrogen and oxygen atoms in total. The molecule has 0 saturated heterocycles. The van der Waals surface area contributed by atoms with Gasteiger partial charge in [-0.3, -0.25) is 0 Å². The van der Waals surface area contributed by atoms with Gasteiger partial charge < -0.3 is 10.5 Å². The minimum atomic E-state index is 0.434. The molecule has 0 aromatic heterocycles. The van der Waals surface area contributed by atoms with Gasteiger partial charge in [0.15, 0.2) is 0 Å². The summed E-state index contributed by atoms with van der Waals surface area (Å²) in [7, 11) is 0. The van der Waals surface area contributed by atoms with Gasteiger partial charge in [0, 0.05) is 0 Å². The van der Waals surface area contributed by atoms with E-state index in [0.29, 0.717) is 23.1 Å². The van der Waals surface area contributed by atoms with Crippen molar-refractivity contribution in [3.63, 3.8) is 0 Å². The first-order chi connectivity index (χ1) is 5.75. The molecule has 1 aromatic rings. The van der Waals surface area contributed by atoms with Gasteiger partial charge in [0.2, 0.25) is 0 Å². The van der Waals surface area contributed by atoms with Gasteiger partial charge in [-0.1, -0.05) is 30.3 Å². The highest BCUT2D eigenvalue weighted by Gasteiger charge is 2.02. The number of rotatable bonds is 3. The van der Waals surface area contributed by atoms with Crippen molar-refractivity contribution in [1.82, 2.24) is 0 Å². The highest BCUT2D eigenvalue weighted by molar-refractivity contribution is 6.34. The number of benzene rings is 1. The van der Waals surface area contributed by atoms with Crippen LogP contribution in [-0.4, -0.2) is 6.61 Å². The Balaban J connectivity index is 2.84. The second-order valence-corrected chi connectivity index (χ2v) is 2.64. The van der Waals surface area contributed by atoms with E-state index in [1.165, 1.54) is 0 Å². The van der Waals surface area contributed by atoms with Crippen LogP contribution in [0.1, 0.15) is 0 Å². The lowest BCUT2D eigenvalue weighted by Gasteiger charge is -2.06. The molecule has 0 bridgehead atoms. The van der Waals surface area contributed by atoms with Crippen LogP contribution in [0.15, 0.2) is 30.9 Å². The Hall–Kier alpha value is -1.15. The van der Waals surface area contributed by atoms with Crippen LogP contribution in [-0.2, 0) is 0 Å². The third-order valence-corrected chi connectivity index (χ3v) is 1.75. The standard InChI is InChI=1S/C9H10ClNO/c1-2-6-12-8-5-3-4-7(11)9(8)10/h2-5H,1,6,11H2. The molecule has 0 amide bonds. The van der Waals surface area contributed by atoms with Crippen LogP contribution in [0.25, 0.3) is 0 Å². The molecule has 0 radical (unpaired) electrons. The molecule has 0 aliphatic heterocycles. The molecule has 1 aromatic carbocycles. The number of nitrogen functional groups attached to an aromatic ring is 1. The molecule has 0 spiro atoms. The van der Waals surface area contributed by atoms with Crippen molar-refractivity contribution in [2.45, 2.75) is 0 Å². The van der Waals surface area contributed by atoms with Crippen LogP contribution in [0, 0.1) is 0 Å². The smallest absolute Gasteiger partial charge is 0.140 e. The Morgan fingerprint density at radius 3 is 3.00 bits per heavy atom. The van der Waals surface area contributed by atoms with Crippen LogP contribution in [0.4, 0.5) is 5.69 Å². The first kappa shape index (κ1) is 8.94. The Kier molecular flexibility index (Phi) is 3.00. The predicted octanol–water partition coefficient (Wildman–Crippen LogP) is 2.49. The molecule has 12 heavy (non-hydrogen) atoms. The summed E-state index contributed by atoms with van der Waals surface area (Å²) in [4.78, 5) is 0. The summed E-state index contributed by atoms with van der Waals surface area (Å²) in [5.41, 5.74) is 6.08. The van der Waals surface area contributed by atoms with Gasteiger partial charge in [0.1, 0.15) is 17.4 Å². The Morgan fingerprint density at radius 2 is 2.33 bits per heavy atom. The average Bonchev–Trinajstić information content (AvgIpc) is 2.08. The third-order valence-electron chi connectivity index (χ3n) is 1.35. The third kappa shape index (κ3) is 1.92. The number of ether oxygens (including phenoxy) is 1. The van der Waals surface area contributed by atoms with Crippen LogP contribution >= 0.6 is 11.6 Å². The van der Waals surface area contributed by atoms with E-state index >= 15 is 0 Å². The summed E-state index contributed by atoms with van der Waals surface area (Å²) in [6.07, 6.45) is 1.65. The topological polar surface area (TPSA) is 35.2 Å². The van der Waals surface area contributed by atoms with E-state index in [9.17, 15) is 0 Å². The van der Waals surface area contributed by atoms with Crippen molar-refractivity contribution in [2.24, 2.45) is 0 Å². The summed E-state index contributed by atoms with van der Waals surface area (Å²) in [5, 5.41) is 0.458. The molecule has 3 heteroatoms. The SMILES string of the molecule is C=CCOc1cccc(N)c1Cl. The van der Waals surface area contributed by atoms with Crippen molar-refractivity contribution >= 4 is 17.3 Å². The van der Waals surface area contributed by atoms with Crippen LogP contribution in [0.2, 0.25) is 5.02 Å². The minimum Gasteiger partial charge on any atom is -0.488 e. The molecule has 64 valence electrons. The van der Waals surface area contributed by atoms with E-state index in [1.54, 1.807) is 24.3 Å². The Bertz CT molecular complexity index is 286. The monoisotopic (exact) mass is 183 g/mol. The van der Waals surface area contributed by atoms with Crippen LogP contribution in [0.3, 0.4) is 0 Å². The van der Waals surface area contributed by atoms with Gasteiger partial charge >= 0.3 is 0 Å². The van der Waals surface area contributed by atoms with Crippen molar-refractivity contribution in [3.8, 4) is 5.75 Å². The highest BCUT2D eigenvalue weighted by atomic mass is 35.5. The zero-order chi connectivity index (χ0) is 8.97. The molecular weight excluding hydrogens is 174 g/mol. The zero-order valence-corrected chi connectivity index (χ0v) is 7.34. The maximum absolute atomic E-state index is 5.84. The van der Waals surface area contributed by atoms with E-state index in [1.807, 2.05) is 0 Å². The van der Waals surface area contributed by atoms with Crippen molar-refractivity contribution < 1.29 is 4.74 Å². The molecule has 0 aliphatic carbocycles. The first-order valence-corrected chi connectivity index (χ1v) is 3.91. The number of anilines is 1. The molecule has 0 aliphatic rings. The van der Waals surface area contributed by atoms with E-state index < -0.39 is 0 Å². The maximum atomic E-state index is 5.84. The fourth-order valence-electron chi connectivity index (χ4n) is 0.788. The Morgan fingerprint density at radius 1 is 1.58 bits per heavy atom. The van der Waals surface area contributed by atoms with Crippen LogP contribution < -0.4 is 10.5 Å². The summed E-state index contributed by atoms with van der Waals surface area (Å²) in [5.74, 6) is 0.594. The van der Waals surface area contributed by atoms with Gasteiger partial charge in [0.05, 0.1) is 5.69 Å². The lowest BCUT2D eigenvalue weighted by molar-refractivity contribution is 0.363. The van der Waals surface area contributed by atoms with E-state index in [2.05, 4.69) is 6.58 Å². The highest BCUT2D eigenvalue weighted by Crippen LogP contribution is 2.29. The summed E-state index contributed by atoms with van der Waals surface area (Å²) >= 11 is 5.84. The number of hydrogen-bond donors (Lipinski definition) is 1. The van der Waals surface area contributed by atoms with Crippen molar-refractivity contribution in [1.29, 1.82) is 0 Å². The molecular formula is C9H10ClNO. The quantitative estimate of drug-likeness (QED) is 0.577. The summed E-state index contributed by atoms with van der Waals surface area (Å²) in [6, 6.07) is 5.28. The zero-order valence-electron chi connectivity index (χ0n) is 6.59. The average molecular weight is 184 g/mol. The van der Waals surface area contributed by atoms with Gasteiger partial charge in [0.25, 0.3) is 0 Å². The molecule has 0 heterocycles. The van der Waals surface area contributed by atoms with Gasteiger partial charge in [-0.2, -0.15) is 0 Å². The number of halogens is 1. The summed E-state index contributed by atoms with van der Waals surface area (Å²) < 4.78 is 5.24. The molecule has 0 saturated carbocycles. The van der Waals surface area contributed by atoms with Crippen LogP contribution in [0.5, 0.6) is 5.75 Å². The number of nitrogens with two attached hydrogens (primary N) is 1. The van der Waals surface area contributed by atoms with Gasteiger partial charge in [-0.25, -0.2) is 0 Å². The van der Waals surface area contributed by atoms with Gasteiger partial charge in [-0.05, 0) is 12.1 Å². The van der Waals surface area contributed by atoms with Crippen molar-refractivity contribution in [3.05, 3.63) is 35.9 Å². The van der Waals surface area contributed by atoms with E-state index in [0.717, 1.165) is 0 Å².